The zero-order chi connectivity index (χ0) is 27.4. The van der Waals surface area contributed by atoms with Gasteiger partial charge in [-0.2, -0.15) is 23.1 Å². The average Bonchev–Trinajstić information content (AvgIpc) is 3.37. The Morgan fingerprint density at radius 1 is 1.08 bits per heavy atom. The summed E-state index contributed by atoms with van der Waals surface area (Å²) in [7, 11) is -4.36. The van der Waals surface area contributed by atoms with Crippen LogP contribution in [-0.4, -0.2) is 64.0 Å². The van der Waals surface area contributed by atoms with Gasteiger partial charge in [0, 0.05) is 11.1 Å². The molecule has 202 valence electrons. The molecule has 5 rings (SSSR count). The number of nitrogens with zero attached hydrogens (tertiary/aromatic N) is 4. The van der Waals surface area contributed by atoms with Crippen molar-refractivity contribution in [3.8, 4) is 0 Å². The molecule has 1 fully saturated rings. The van der Waals surface area contributed by atoms with Crippen LogP contribution in [0.4, 0.5) is 24.7 Å². The first kappa shape index (κ1) is 26.8. The number of rotatable bonds is 6. The quantitative estimate of drug-likeness (QED) is 0.170. The monoisotopic (exact) mass is 573 g/mol. The summed E-state index contributed by atoms with van der Waals surface area (Å²) in [5.74, 6) is 0.0646. The number of aliphatic hydroxyl groups excluding tert-OH is 2. The smallest absolute Gasteiger partial charge is 0.388 e. The molecule has 4 atom stereocenters. The van der Waals surface area contributed by atoms with E-state index in [-0.39, 0.29) is 39.5 Å². The molecular weight excluding hydrogens is 554 g/mol. The van der Waals surface area contributed by atoms with Crippen LogP contribution in [-0.2, 0) is 15.5 Å². The van der Waals surface area contributed by atoms with Crippen LogP contribution in [0.25, 0.3) is 21.9 Å². The predicted molar refractivity (Wildman–Crippen MR) is 130 cm³/mol. The second kappa shape index (κ2) is 9.72. The number of halogens is 4. The summed E-state index contributed by atoms with van der Waals surface area (Å²) < 4.78 is 58.8. The zero-order valence-electron chi connectivity index (χ0n) is 19.1. The molecule has 1 saturated heterocycles. The fourth-order valence-corrected chi connectivity index (χ4v) is 5.19. The Labute approximate surface area is 217 Å². The van der Waals surface area contributed by atoms with Gasteiger partial charge in [-0.15, -0.1) is 0 Å². The second-order valence-electron chi connectivity index (χ2n) is 8.72. The molecule has 1 unspecified atom stereocenters. The Morgan fingerprint density at radius 3 is 2.47 bits per heavy atom. The third-order valence-corrected chi connectivity index (χ3v) is 7.20. The molecule has 2 aromatic carbocycles. The van der Waals surface area contributed by atoms with Crippen LogP contribution in [0.5, 0.6) is 0 Å². The predicted octanol–water partition coefficient (Wildman–Crippen LogP) is 3.58. The maximum atomic E-state index is 13.5. The van der Waals surface area contributed by atoms with E-state index in [0.717, 1.165) is 6.07 Å². The average molecular weight is 574 g/mol. The van der Waals surface area contributed by atoms with Gasteiger partial charge in [0.1, 0.15) is 12.2 Å². The molecular formula is C22H20ClF3N5O6P. The molecule has 0 saturated carbocycles. The highest BCUT2D eigenvalue weighted by atomic mass is 35.5. The number of hydrogen-bond acceptors (Lipinski definition) is 8. The van der Waals surface area contributed by atoms with E-state index in [1.807, 2.05) is 0 Å². The van der Waals surface area contributed by atoms with Crippen molar-refractivity contribution in [1.82, 2.24) is 19.5 Å². The van der Waals surface area contributed by atoms with Crippen LogP contribution in [0.2, 0.25) is 5.28 Å². The van der Waals surface area contributed by atoms with Crippen molar-refractivity contribution in [3.05, 3.63) is 53.6 Å². The normalized spacial score (nSPS) is 22.4. The van der Waals surface area contributed by atoms with Crippen LogP contribution in [0.15, 0.2) is 42.7 Å². The number of imidazole rings is 1. The summed E-state index contributed by atoms with van der Waals surface area (Å²) in [6, 6.07) is 8.18. The number of hydrogen-bond donors (Lipinski definition) is 5. The van der Waals surface area contributed by atoms with Gasteiger partial charge in [0.2, 0.25) is 5.28 Å². The minimum Gasteiger partial charge on any atom is -0.388 e. The molecule has 38 heavy (non-hydrogen) atoms. The first-order valence-electron chi connectivity index (χ1n) is 11.2. The van der Waals surface area contributed by atoms with Gasteiger partial charge in [-0.1, -0.05) is 24.3 Å². The number of alkyl halides is 3. The number of anilines is 2. The summed E-state index contributed by atoms with van der Waals surface area (Å²) >= 11 is 6.13. The standard InChI is InChI=1S/C22H20ClF3N5O6P/c23-21-29-18(28-13-6-5-12(22(24,25)26)10-3-1-2-4-11(10)13)15-19(30-21)31(9-27-15)20-17(33)16(32)14(37-20)7-8-38(34,35)36/h1-6,9,14,16-17,20,32-33H,7-8H2,(H,28,29,30)(H2,34,35,36)/t14-,16?,17+,20-/m1/s1. The number of nitrogens with one attached hydrogen (secondary N) is 1. The van der Waals surface area contributed by atoms with Crippen molar-refractivity contribution in [2.75, 3.05) is 11.5 Å². The van der Waals surface area contributed by atoms with Crippen LogP contribution in [0.1, 0.15) is 18.2 Å². The van der Waals surface area contributed by atoms with E-state index in [2.05, 4.69) is 20.3 Å². The lowest BCUT2D eigenvalue weighted by Gasteiger charge is -2.17. The summed E-state index contributed by atoms with van der Waals surface area (Å²) in [5, 5.41) is 23.9. The van der Waals surface area contributed by atoms with Gasteiger partial charge < -0.3 is 30.1 Å². The molecule has 4 aromatic rings. The van der Waals surface area contributed by atoms with Crippen molar-refractivity contribution in [3.63, 3.8) is 0 Å². The van der Waals surface area contributed by atoms with Crippen LogP contribution in [0.3, 0.4) is 0 Å². The highest BCUT2D eigenvalue weighted by molar-refractivity contribution is 7.51. The number of fused-ring (bicyclic) bond motifs is 2. The Hall–Kier alpha value is -2.84. The number of ether oxygens (including phenoxy) is 1. The molecule has 0 aliphatic carbocycles. The van der Waals surface area contributed by atoms with Crippen molar-refractivity contribution >= 4 is 52.6 Å². The molecule has 3 heterocycles. The van der Waals surface area contributed by atoms with Crippen LogP contribution >= 0.6 is 19.2 Å². The minimum absolute atomic E-state index is 0.0234. The van der Waals surface area contributed by atoms with Gasteiger partial charge in [0.05, 0.1) is 24.2 Å². The number of aliphatic hydroxyl groups is 2. The van der Waals surface area contributed by atoms with Gasteiger partial charge in [0.25, 0.3) is 0 Å². The maximum absolute atomic E-state index is 13.5. The van der Waals surface area contributed by atoms with Gasteiger partial charge in [-0.3, -0.25) is 9.13 Å². The lowest BCUT2D eigenvalue weighted by molar-refractivity contribution is -0.136. The lowest BCUT2D eigenvalue weighted by Crippen LogP contribution is -2.31. The van der Waals surface area contributed by atoms with E-state index in [4.69, 9.17) is 26.1 Å². The molecule has 1 aliphatic rings. The summed E-state index contributed by atoms with van der Waals surface area (Å²) in [5.41, 5.74) is -0.282. The second-order valence-corrected chi connectivity index (χ2v) is 10.8. The molecule has 5 N–H and O–H groups in total. The van der Waals surface area contributed by atoms with E-state index in [9.17, 15) is 27.9 Å². The van der Waals surface area contributed by atoms with E-state index in [1.54, 1.807) is 6.07 Å². The summed E-state index contributed by atoms with van der Waals surface area (Å²) in [6.07, 6.45) is -9.31. The zero-order valence-corrected chi connectivity index (χ0v) is 20.8. The topological polar surface area (TPSA) is 163 Å². The molecule has 2 aromatic heterocycles. The number of aromatic nitrogens is 4. The fraction of sp³-hybridized carbons (Fsp3) is 0.318. The highest BCUT2D eigenvalue weighted by Gasteiger charge is 2.44. The third-order valence-electron chi connectivity index (χ3n) is 6.19. The fourth-order valence-electron chi connectivity index (χ4n) is 4.44. The van der Waals surface area contributed by atoms with Gasteiger partial charge in [0.15, 0.2) is 23.2 Å². The highest BCUT2D eigenvalue weighted by Crippen LogP contribution is 2.41. The molecule has 16 heteroatoms. The van der Waals surface area contributed by atoms with E-state index in [0.29, 0.717) is 5.69 Å². The van der Waals surface area contributed by atoms with Gasteiger partial charge in [-0.25, -0.2) is 4.98 Å². The van der Waals surface area contributed by atoms with Crippen molar-refractivity contribution in [1.29, 1.82) is 0 Å². The Balaban J connectivity index is 1.51. The largest absolute Gasteiger partial charge is 0.417 e. The van der Waals surface area contributed by atoms with Crippen LogP contribution < -0.4 is 5.32 Å². The number of benzene rings is 2. The Morgan fingerprint density at radius 2 is 1.79 bits per heavy atom. The SMILES string of the molecule is O=P(O)(O)CC[C@H]1O[C@@H](n2cnc3c(Nc4ccc(C(F)(F)F)c5ccccc45)nc(Cl)nc32)[C@@H](O)C1O. The molecule has 1 aliphatic heterocycles. The Kier molecular flexibility index (Phi) is 6.84. The Bertz CT molecular complexity index is 1560. The molecule has 11 nitrogen and oxygen atoms in total. The summed E-state index contributed by atoms with van der Waals surface area (Å²) in [4.78, 5) is 30.8. The molecule has 0 amide bonds. The lowest BCUT2D eigenvalue weighted by atomic mass is 10.0. The molecule has 0 radical (unpaired) electrons. The minimum atomic E-state index is -4.56. The molecule has 0 spiro atoms. The van der Waals surface area contributed by atoms with Crippen molar-refractivity contribution in [2.24, 2.45) is 0 Å². The van der Waals surface area contributed by atoms with Crippen LogP contribution in [0, 0.1) is 0 Å². The summed E-state index contributed by atoms with van der Waals surface area (Å²) in [6.45, 7) is 0. The van der Waals surface area contributed by atoms with E-state index in [1.165, 1.54) is 35.2 Å². The van der Waals surface area contributed by atoms with E-state index < -0.39 is 50.0 Å². The van der Waals surface area contributed by atoms with Gasteiger partial charge >= 0.3 is 13.8 Å². The van der Waals surface area contributed by atoms with E-state index >= 15 is 0 Å². The molecule has 0 bridgehead atoms. The first-order valence-corrected chi connectivity index (χ1v) is 13.3. The maximum Gasteiger partial charge on any atom is 0.417 e. The van der Waals surface area contributed by atoms with Crippen molar-refractivity contribution < 1.29 is 42.5 Å². The van der Waals surface area contributed by atoms with Crippen molar-refractivity contribution in [2.45, 2.75) is 37.1 Å². The first-order chi connectivity index (χ1) is 17.8. The third kappa shape index (κ3) is 5.08. The van der Waals surface area contributed by atoms with Gasteiger partial charge in [-0.05, 0) is 35.5 Å².